The standard InChI is InChI=1S/C18H32N6O7S/c1-9(19)15(27)22-10(3-5-13(20)25)16(28)23-11(7-8-32-2)17(29)24-12(18(30)31)4-6-14(21)26/h9-12H,3-8,19H2,1-2H3,(H2,20,25)(H2,21,26)(H,22,27)(H,23,28)(H,24,29)(H,30,31). The predicted octanol–water partition coefficient (Wildman–Crippen LogP) is -2.84. The molecule has 5 amide bonds. The van der Waals surface area contributed by atoms with Crippen LogP contribution in [-0.2, 0) is 28.8 Å². The molecule has 4 atom stereocenters. The summed E-state index contributed by atoms with van der Waals surface area (Å²) in [4.78, 5) is 70.8. The third-order valence-corrected chi connectivity index (χ3v) is 4.91. The Bertz CT molecular complexity index is 703. The topological polar surface area (TPSA) is 237 Å². The van der Waals surface area contributed by atoms with E-state index < -0.39 is 59.7 Å². The van der Waals surface area contributed by atoms with E-state index in [2.05, 4.69) is 16.0 Å². The average molecular weight is 477 g/mol. The predicted molar refractivity (Wildman–Crippen MR) is 117 cm³/mol. The molecule has 0 heterocycles. The zero-order valence-corrected chi connectivity index (χ0v) is 18.9. The van der Waals surface area contributed by atoms with Gasteiger partial charge in [-0.1, -0.05) is 0 Å². The van der Waals surface area contributed by atoms with Crippen molar-refractivity contribution in [3.8, 4) is 0 Å². The normalized spacial score (nSPS) is 14.3. The number of primary amides is 2. The van der Waals surface area contributed by atoms with Gasteiger partial charge in [-0.2, -0.15) is 11.8 Å². The van der Waals surface area contributed by atoms with Gasteiger partial charge in [0.2, 0.25) is 29.5 Å². The SMILES string of the molecule is CSCCC(NC(=O)C(CCC(N)=O)NC(=O)C(C)N)C(=O)NC(CCC(N)=O)C(=O)O. The molecule has 0 aromatic rings. The Kier molecular flexibility index (Phi) is 13.7. The van der Waals surface area contributed by atoms with Crippen LogP contribution in [0.15, 0.2) is 0 Å². The van der Waals surface area contributed by atoms with E-state index in [-0.39, 0.29) is 32.1 Å². The van der Waals surface area contributed by atoms with E-state index in [0.29, 0.717) is 5.75 Å². The van der Waals surface area contributed by atoms with Gasteiger partial charge in [0.15, 0.2) is 0 Å². The number of rotatable bonds is 16. The van der Waals surface area contributed by atoms with Gasteiger partial charge in [0.25, 0.3) is 0 Å². The van der Waals surface area contributed by atoms with E-state index in [9.17, 15) is 33.9 Å². The number of amides is 5. The largest absolute Gasteiger partial charge is 0.480 e. The minimum Gasteiger partial charge on any atom is -0.480 e. The first-order chi connectivity index (χ1) is 14.9. The molecule has 0 aliphatic rings. The van der Waals surface area contributed by atoms with Gasteiger partial charge in [0.1, 0.15) is 18.1 Å². The first-order valence-electron chi connectivity index (χ1n) is 9.84. The maximum absolute atomic E-state index is 12.7. The van der Waals surface area contributed by atoms with Gasteiger partial charge in [0.05, 0.1) is 6.04 Å². The molecule has 32 heavy (non-hydrogen) atoms. The van der Waals surface area contributed by atoms with Crippen molar-refractivity contribution >= 4 is 47.3 Å². The van der Waals surface area contributed by atoms with E-state index in [1.165, 1.54) is 18.7 Å². The van der Waals surface area contributed by atoms with Gasteiger partial charge >= 0.3 is 5.97 Å². The van der Waals surface area contributed by atoms with Crippen LogP contribution in [0.25, 0.3) is 0 Å². The number of carboxylic acid groups (broad SMARTS) is 1. The molecule has 0 rings (SSSR count). The maximum atomic E-state index is 12.7. The highest BCUT2D eigenvalue weighted by molar-refractivity contribution is 7.98. The molecule has 0 radical (unpaired) electrons. The van der Waals surface area contributed by atoms with Crippen LogP contribution in [-0.4, -0.2) is 76.8 Å². The number of hydrogen-bond acceptors (Lipinski definition) is 8. The quantitative estimate of drug-likeness (QED) is 0.121. The lowest BCUT2D eigenvalue weighted by Crippen LogP contribution is -2.57. The molecule has 10 N–H and O–H groups in total. The molecule has 14 heteroatoms. The van der Waals surface area contributed by atoms with Gasteiger partial charge in [-0.25, -0.2) is 4.79 Å². The van der Waals surface area contributed by atoms with Crippen molar-refractivity contribution in [2.24, 2.45) is 17.2 Å². The van der Waals surface area contributed by atoms with E-state index >= 15 is 0 Å². The number of carbonyl (C=O) groups is 6. The van der Waals surface area contributed by atoms with Crippen LogP contribution in [0, 0.1) is 0 Å². The highest BCUT2D eigenvalue weighted by Gasteiger charge is 2.30. The number of carbonyl (C=O) groups excluding carboxylic acids is 5. The van der Waals surface area contributed by atoms with E-state index in [1.807, 2.05) is 0 Å². The van der Waals surface area contributed by atoms with E-state index in [0.717, 1.165) is 0 Å². The Morgan fingerprint density at radius 2 is 1.19 bits per heavy atom. The second-order valence-electron chi connectivity index (χ2n) is 7.10. The van der Waals surface area contributed by atoms with Crippen LogP contribution in [0.2, 0.25) is 0 Å². The summed E-state index contributed by atoms with van der Waals surface area (Å²) in [6.07, 6.45) is 1.15. The molecule has 182 valence electrons. The second-order valence-corrected chi connectivity index (χ2v) is 8.09. The Hall–Kier alpha value is -2.87. The fourth-order valence-corrected chi connectivity index (χ4v) is 2.92. The molecule has 0 bridgehead atoms. The Balaban J connectivity index is 5.42. The minimum absolute atomic E-state index is 0.118. The summed E-state index contributed by atoms with van der Waals surface area (Å²) >= 11 is 1.39. The van der Waals surface area contributed by atoms with Crippen LogP contribution in [0.1, 0.15) is 39.0 Å². The van der Waals surface area contributed by atoms with Crippen molar-refractivity contribution in [2.45, 2.75) is 63.2 Å². The van der Waals surface area contributed by atoms with Crippen LogP contribution in [0.4, 0.5) is 0 Å². The molecule has 0 fully saturated rings. The number of thioether (sulfide) groups is 1. The molecular weight excluding hydrogens is 444 g/mol. The van der Waals surface area contributed by atoms with Crippen molar-refractivity contribution in [3.63, 3.8) is 0 Å². The molecule has 0 aromatic heterocycles. The molecule has 4 unspecified atom stereocenters. The van der Waals surface area contributed by atoms with Crippen LogP contribution >= 0.6 is 11.8 Å². The zero-order valence-electron chi connectivity index (χ0n) is 18.1. The summed E-state index contributed by atoms with van der Waals surface area (Å²) in [7, 11) is 0. The third kappa shape index (κ3) is 12.1. The molecule has 13 nitrogen and oxygen atoms in total. The number of nitrogens with one attached hydrogen (secondary N) is 3. The summed E-state index contributed by atoms with van der Waals surface area (Å²) in [5.41, 5.74) is 15.6. The van der Waals surface area contributed by atoms with Gasteiger partial charge < -0.3 is 38.3 Å². The fraction of sp³-hybridized carbons (Fsp3) is 0.667. The molecule has 0 saturated heterocycles. The first kappa shape index (κ1) is 29.1. The summed E-state index contributed by atoms with van der Waals surface area (Å²) < 4.78 is 0. The third-order valence-electron chi connectivity index (χ3n) is 4.26. The number of hydrogen-bond donors (Lipinski definition) is 7. The maximum Gasteiger partial charge on any atom is 0.326 e. The highest BCUT2D eigenvalue weighted by atomic mass is 32.2. The summed E-state index contributed by atoms with van der Waals surface area (Å²) in [6, 6.07) is -4.62. The molecular formula is C18H32N6O7S. The summed E-state index contributed by atoms with van der Waals surface area (Å²) in [5, 5.41) is 16.4. The Morgan fingerprint density at radius 3 is 1.59 bits per heavy atom. The molecule has 0 aromatic carbocycles. The van der Waals surface area contributed by atoms with Crippen LogP contribution in [0.3, 0.4) is 0 Å². The Labute approximate surface area is 189 Å². The second kappa shape index (κ2) is 15.0. The molecule has 0 aliphatic carbocycles. The number of aliphatic carboxylic acids is 1. The van der Waals surface area contributed by atoms with Crippen molar-refractivity contribution in [1.82, 2.24) is 16.0 Å². The Morgan fingerprint density at radius 1 is 0.781 bits per heavy atom. The van der Waals surface area contributed by atoms with Crippen LogP contribution < -0.4 is 33.2 Å². The monoisotopic (exact) mass is 476 g/mol. The summed E-state index contributed by atoms with van der Waals surface area (Å²) in [6.45, 7) is 1.41. The van der Waals surface area contributed by atoms with Gasteiger partial charge in [-0.15, -0.1) is 0 Å². The number of nitrogens with two attached hydrogens (primary N) is 3. The van der Waals surface area contributed by atoms with Crippen molar-refractivity contribution in [3.05, 3.63) is 0 Å². The van der Waals surface area contributed by atoms with Gasteiger partial charge in [-0.3, -0.25) is 24.0 Å². The average Bonchev–Trinajstić information content (AvgIpc) is 2.69. The smallest absolute Gasteiger partial charge is 0.326 e. The lowest BCUT2D eigenvalue weighted by atomic mass is 10.1. The zero-order chi connectivity index (χ0) is 24.8. The number of carboxylic acids is 1. The first-order valence-corrected chi connectivity index (χ1v) is 11.2. The van der Waals surface area contributed by atoms with Crippen molar-refractivity contribution < 1.29 is 33.9 Å². The lowest BCUT2D eigenvalue weighted by molar-refractivity contribution is -0.142. The van der Waals surface area contributed by atoms with E-state index in [4.69, 9.17) is 17.2 Å². The van der Waals surface area contributed by atoms with Gasteiger partial charge in [0, 0.05) is 12.8 Å². The molecule has 0 spiro atoms. The van der Waals surface area contributed by atoms with Crippen LogP contribution in [0.5, 0.6) is 0 Å². The van der Waals surface area contributed by atoms with E-state index in [1.54, 1.807) is 6.26 Å². The van der Waals surface area contributed by atoms with Crippen molar-refractivity contribution in [1.29, 1.82) is 0 Å². The lowest BCUT2D eigenvalue weighted by Gasteiger charge is -2.24. The van der Waals surface area contributed by atoms with Crippen molar-refractivity contribution in [2.75, 3.05) is 12.0 Å². The highest BCUT2D eigenvalue weighted by Crippen LogP contribution is 2.06. The molecule has 0 saturated carbocycles. The molecule has 0 aliphatic heterocycles. The fourth-order valence-electron chi connectivity index (χ4n) is 2.45. The summed E-state index contributed by atoms with van der Waals surface area (Å²) in [5.74, 6) is -4.50. The van der Waals surface area contributed by atoms with Gasteiger partial charge in [-0.05, 0) is 38.2 Å². The minimum atomic E-state index is -1.38.